The molecule has 1 aliphatic rings. The van der Waals surface area contributed by atoms with Crippen LogP contribution in [0.2, 0.25) is 0 Å². The number of benzene rings is 2. The molecule has 0 bridgehead atoms. The molecule has 1 saturated heterocycles. The first-order chi connectivity index (χ1) is 16.0. The van der Waals surface area contributed by atoms with Crippen LogP contribution in [0.5, 0.6) is 5.75 Å². The molecule has 2 heterocycles. The summed E-state index contributed by atoms with van der Waals surface area (Å²) in [7, 11) is 1.64. The van der Waals surface area contributed by atoms with Gasteiger partial charge >= 0.3 is 0 Å². The Kier molecular flexibility index (Phi) is 6.83. The van der Waals surface area contributed by atoms with Gasteiger partial charge in [0.15, 0.2) is 0 Å². The third-order valence-corrected chi connectivity index (χ3v) is 5.68. The molecule has 4 rings (SSSR count). The Balaban J connectivity index is 1.36. The third kappa shape index (κ3) is 5.65. The molecular weight excluding hydrogens is 418 g/mol. The fourth-order valence-electron chi connectivity index (χ4n) is 3.93. The van der Waals surface area contributed by atoms with E-state index in [9.17, 15) is 9.59 Å². The van der Waals surface area contributed by atoms with E-state index >= 15 is 0 Å². The summed E-state index contributed by atoms with van der Waals surface area (Å²) in [6, 6.07) is 16.9. The number of ether oxygens (including phenoxy) is 1. The zero-order valence-electron chi connectivity index (χ0n) is 18.7. The van der Waals surface area contributed by atoms with Crippen LogP contribution in [-0.2, 0) is 9.59 Å². The van der Waals surface area contributed by atoms with E-state index in [2.05, 4.69) is 25.5 Å². The van der Waals surface area contributed by atoms with Crippen molar-refractivity contribution in [2.75, 3.05) is 35.7 Å². The van der Waals surface area contributed by atoms with Crippen molar-refractivity contribution < 1.29 is 14.3 Å². The number of aromatic nitrogens is 2. The minimum absolute atomic E-state index is 0.00349. The molecule has 33 heavy (non-hydrogen) atoms. The lowest BCUT2D eigenvalue weighted by molar-refractivity contribution is -0.120. The maximum Gasteiger partial charge on any atom is 0.227 e. The summed E-state index contributed by atoms with van der Waals surface area (Å²) in [4.78, 5) is 35.1. The van der Waals surface area contributed by atoms with Gasteiger partial charge in [0, 0.05) is 48.9 Å². The number of rotatable bonds is 6. The zero-order chi connectivity index (χ0) is 23.2. The predicted octanol–water partition coefficient (Wildman–Crippen LogP) is 3.97. The second-order valence-corrected chi connectivity index (χ2v) is 8.00. The van der Waals surface area contributed by atoms with Crippen molar-refractivity contribution in [3.63, 3.8) is 0 Å². The van der Waals surface area contributed by atoms with Crippen LogP contribution in [0.4, 0.5) is 17.2 Å². The van der Waals surface area contributed by atoms with E-state index in [1.165, 1.54) is 6.92 Å². The first-order valence-corrected chi connectivity index (χ1v) is 10.9. The molecule has 8 heteroatoms. The van der Waals surface area contributed by atoms with E-state index < -0.39 is 0 Å². The van der Waals surface area contributed by atoms with Crippen molar-refractivity contribution in [1.82, 2.24) is 9.97 Å². The van der Waals surface area contributed by atoms with Gasteiger partial charge < -0.3 is 20.3 Å². The van der Waals surface area contributed by atoms with Crippen molar-refractivity contribution in [1.29, 1.82) is 0 Å². The first-order valence-electron chi connectivity index (χ1n) is 10.9. The van der Waals surface area contributed by atoms with Crippen LogP contribution in [0.25, 0.3) is 11.3 Å². The summed E-state index contributed by atoms with van der Waals surface area (Å²) in [5.74, 6) is 1.43. The van der Waals surface area contributed by atoms with E-state index in [4.69, 9.17) is 4.74 Å². The maximum atomic E-state index is 12.8. The molecule has 0 radical (unpaired) electrons. The Morgan fingerprint density at radius 1 is 0.970 bits per heavy atom. The molecule has 0 spiro atoms. The van der Waals surface area contributed by atoms with Crippen molar-refractivity contribution in [3.05, 3.63) is 60.9 Å². The van der Waals surface area contributed by atoms with Crippen molar-refractivity contribution in [2.24, 2.45) is 5.92 Å². The van der Waals surface area contributed by atoms with Crippen LogP contribution >= 0.6 is 0 Å². The summed E-state index contributed by atoms with van der Waals surface area (Å²) >= 11 is 0. The number of nitrogens with one attached hydrogen (secondary N) is 2. The molecular formula is C25H27N5O3. The Labute approximate surface area is 193 Å². The van der Waals surface area contributed by atoms with Crippen LogP contribution in [0.1, 0.15) is 19.8 Å². The lowest BCUT2D eigenvalue weighted by Crippen LogP contribution is -2.38. The van der Waals surface area contributed by atoms with Crippen LogP contribution in [-0.4, -0.2) is 42.0 Å². The minimum Gasteiger partial charge on any atom is -0.497 e. The number of methoxy groups -OCH3 is 1. The number of carbonyl (C=O) groups excluding carboxylic acids is 2. The van der Waals surface area contributed by atoms with Crippen molar-refractivity contribution >= 4 is 29.0 Å². The second-order valence-electron chi connectivity index (χ2n) is 8.00. The van der Waals surface area contributed by atoms with E-state index in [0.29, 0.717) is 11.4 Å². The Bertz CT molecular complexity index is 1120. The van der Waals surface area contributed by atoms with Crippen LogP contribution in [0.15, 0.2) is 60.9 Å². The second kappa shape index (κ2) is 10.1. The van der Waals surface area contributed by atoms with E-state index in [0.717, 1.165) is 48.8 Å². The molecule has 2 amide bonds. The largest absolute Gasteiger partial charge is 0.497 e. The van der Waals surface area contributed by atoms with Crippen molar-refractivity contribution in [2.45, 2.75) is 19.8 Å². The highest BCUT2D eigenvalue weighted by atomic mass is 16.5. The summed E-state index contributed by atoms with van der Waals surface area (Å²) in [6.45, 7) is 2.93. The molecule has 0 unspecified atom stereocenters. The Morgan fingerprint density at radius 2 is 1.67 bits per heavy atom. The molecule has 3 aromatic rings. The molecule has 1 fully saturated rings. The fourth-order valence-corrected chi connectivity index (χ4v) is 3.93. The monoisotopic (exact) mass is 445 g/mol. The highest BCUT2D eigenvalue weighted by molar-refractivity contribution is 5.94. The normalized spacial score (nSPS) is 13.9. The quantitative estimate of drug-likeness (QED) is 0.596. The highest BCUT2D eigenvalue weighted by Gasteiger charge is 2.26. The van der Waals surface area contributed by atoms with Crippen molar-refractivity contribution in [3.8, 4) is 17.0 Å². The first kappa shape index (κ1) is 22.3. The molecule has 170 valence electrons. The van der Waals surface area contributed by atoms with Gasteiger partial charge in [-0.15, -0.1) is 0 Å². The molecule has 2 aromatic carbocycles. The van der Waals surface area contributed by atoms with Crippen LogP contribution in [0.3, 0.4) is 0 Å². The lowest BCUT2D eigenvalue weighted by Gasteiger charge is -2.32. The number of nitrogens with zero attached hydrogens (tertiary/aromatic N) is 3. The van der Waals surface area contributed by atoms with Gasteiger partial charge in [-0.3, -0.25) is 9.59 Å². The SMILES string of the molecule is COc1ccc(-c2cc(N3CCC(C(=O)Nc4cccc(NC(C)=O)c4)CC3)ncn2)cc1. The molecule has 8 nitrogen and oxygen atoms in total. The van der Waals surface area contributed by atoms with E-state index in [1.54, 1.807) is 31.6 Å². The molecule has 1 aliphatic heterocycles. The molecule has 2 N–H and O–H groups in total. The van der Waals surface area contributed by atoms with Crippen LogP contribution < -0.4 is 20.3 Å². The fraction of sp³-hybridized carbons (Fsp3) is 0.280. The number of amides is 2. The summed E-state index contributed by atoms with van der Waals surface area (Å²) in [5, 5.41) is 5.70. The summed E-state index contributed by atoms with van der Waals surface area (Å²) in [6.07, 6.45) is 3.05. The third-order valence-electron chi connectivity index (χ3n) is 5.68. The van der Waals surface area contributed by atoms with Gasteiger partial charge in [-0.05, 0) is 55.3 Å². The number of hydrogen-bond donors (Lipinski definition) is 2. The molecule has 0 aliphatic carbocycles. The average Bonchev–Trinajstić information content (AvgIpc) is 2.84. The van der Waals surface area contributed by atoms with Gasteiger partial charge in [0.1, 0.15) is 17.9 Å². The van der Waals surface area contributed by atoms with E-state index in [-0.39, 0.29) is 17.7 Å². The van der Waals surface area contributed by atoms with Gasteiger partial charge in [-0.25, -0.2) is 9.97 Å². The summed E-state index contributed by atoms with van der Waals surface area (Å²) in [5.41, 5.74) is 3.18. The standard InChI is InChI=1S/C25H27N5O3/c1-17(31)28-20-4-3-5-21(14-20)29-25(32)19-10-12-30(13-11-19)24-15-23(26-16-27-24)18-6-8-22(33-2)9-7-18/h3-9,14-16,19H,10-13H2,1-2H3,(H,28,31)(H,29,32). The zero-order valence-corrected chi connectivity index (χ0v) is 18.7. The van der Waals surface area contributed by atoms with Gasteiger partial charge in [0.05, 0.1) is 12.8 Å². The highest BCUT2D eigenvalue weighted by Crippen LogP contribution is 2.27. The van der Waals surface area contributed by atoms with Gasteiger partial charge in [-0.2, -0.15) is 0 Å². The van der Waals surface area contributed by atoms with Gasteiger partial charge in [0.25, 0.3) is 0 Å². The smallest absolute Gasteiger partial charge is 0.227 e. The van der Waals surface area contributed by atoms with Gasteiger partial charge in [0.2, 0.25) is 11.8 Å². The minimum atomic E-state index is -0.147. The number of anilines is 3. The Morgan fingerprint density at radius 3 is 2.33 bits per heavy atom. The van der Waals surface area contributed by atoms with Gasteiger partial charge in [-0.1, -0.05) is 6.07 Å². The maximum absolute atomic E-state index is 12.8. The van der Waals surface area contributed by atoms with Crippen LogP contribution in [0, 0.1) is 5.92 Å². The average molecular weight is 446 g/mol. The predicted molar refractivity (Wildman–Crippen MR) is 128 cm³/mol. The number of piperidine rings is 1. The van der Waals surface area contributed by atoms with E-state index in [1.807, 2.05) is 36.4 Å². The number of carbonyl (C=O) groups is 2. The topological polar surface area (TPSA) is 96.5 Å². The molecule has 1 aromatic heterocycles. The lowest BCUT2D eigenvalue weighted by atomic mass is 9.95. The molecule has 0 atom stereocenters. The molecule has 0 saturated carbocycles. The number of hydrogen-bond acceptors (Lipinski definition) is 6. The summed E-state index contributed by atoms with van der Waals surface area (Å²) < 4.78 is 5.22. The Hall–Kier alpha value is -3.94.